The molecule has 0 radical (unpaired) electrons. The zero-order chi connectivity index (χ0) is 18.5. The van der Waals surface area contributed by atoms with Gasteiger partial charge in [-0.2, -0.15) is 0 Å². The quantitative estimate of drug-likeness (QED) is 0.787. The van der Waals surface area contributed by atoms with Crippen LogP contribution in [-0.2, 0) is 9.59 Å². The van der Waals surface area contributed by atoms with E-state index in [-0.39, 0.29) is 23.6 Å². The van der Waals surface area contributed by atoms with Crippen LogP contribution in [0.5, 0.6) is 0 Å². The largest absolute Gasteiger partial charge is 0.477 e. The van der Waals surface area contributed by atoms with E-state index in [2.05, 4.69) is 0 Å². The number of carboxylic acids is 1. The SMILES string of the molecule is C[C@@H](O)[C@H]1C(=O)N2C(C(=O)O)=C(c3ccc(C(=O)N(C)C)cc3)CC12. The van der Waals surface area contributed by atoms with Crippen molar-refractivity contribution < 1.29 is 24.6 Å². The predicted octanol–water partition coefficient (Wildman–Crippen LogP) is 0.796. The van der Waals surface area contributed by atoms with Gasteiger partial charge in [0, 0.05) is 19.7 Å². The summed E-state index contributed by atoms with van der Waals surface area (Å²) in [7, 11) is 3.32. The van der Waals surface area contributed by atoms with E-state index in [1.165, 1.54) is 9.80 Å². The van der Waals surface area contributed by atoms with Gasteiger partial charge in [0.2, 0.25) is 5.91 Å². The van der Waals surface area contributed by atoms with Gasteiger partial charge in [-0.05, 0) is 36.6 Å². The Bertz CT molecular complexity index is 779. The molecule has 1 fully saturated rings. The summed E-state index contributed by atoms with van der Waals surface area (Å²) < 4.78 is 0. The number of fused-ring (bicyclic) bond motifs is 1. The first-order valence-electron chi connectivity index (χ1n) is 8.03. The molecule has 132 valence electrons. The van der Waals surface area contributed by atoms with E-state index < -0.39 is 18.0 Å². The Morgan fingerprint density at radius 2 is 1.84 bits per heavy atom. The van der Waals surface area contributed by atoms with Gasteiger partial charge in [0.1, 0.15) is 5.70 Å². The summed E-state index contributed by atoms with van der Waals surface area (Å²) in [6.07, 6.45) is -0.438. The lowest BCUT2D eigenvalue weighted by molar-refractivity contribution is -0.161. The molecule has 0 spiro atoms. The molecule has 1 aromatic carbocycles. The zero-order valence-electron chi connectivity index (χ0n) is 14.3. The average Bonchev–Trinajstić information content (AvgIpc) is 2.89. The van der Waals surface area contributed by atoms with Crippen LogP contribution in [0, 0.1) is 5.92 Å². The highest BCUT2D eigenvalue weighted by molar-refractivity contribution is 6.06. The van der Waals surface area contributed by atoms with Crippen molar-refractivity contribution in [3.63, 3.8) is 0 Å². The standard InChI is InChI=1S/C18H20N2O5/c1-9(21)14-13-8-12(15(18(24)25)20(13)17(14)23)10-4-6-11(7-5-10)16(22)19(2)3/h4-7,9,13-14,21H,8H2,1-3H3,(H,24,25)/t9-,13?,14-/m1/s1. The van der Waals surface area contributed by atoms with Crippen LogP contribution in [0.3, 0.4) is 0 Å². The molecule has 1 unspecified atom stereocenters. The normalized spacial score (nSPS) is 23.2. The first-order valence-corrected chi connectivity index (χ1v) is 8.03. The van der Waals surface area contributed by atoms with Gasteiger partial charge >= 0.3 is 5.97 Å². The van der Waals surface area contributed by atoms with Crippen molar-refractivity contribution in [1.29, 1.82) is 0 Å². The second kappa shape index (κ2) is 6.00. The molecule has 0 saturated carbocycles. The van der Waals surface area contributed by atoms with Crippen molar-refractivity contribution in [3.8, 4) is 0 Å². The molecule has 2 amide bonds. The minimum absolute atomic E-state index is 0.0291. The monoisotopic (exact) mass is 344 g/mol. The molecule has 2 aliphatic rings. The number of aliphatic hydroxyl groups is 1. The molecule has 7 heteroatoms. The van der Waals surface area contributed by atoms with Gasteiger partial charge < -0.3 is 20.0 Å². The number of rotatable bonds is 4. The number of carboxylic acid groups (broad SMARTS) is 1. The van der Waals surface area contributed by atoms with Crippen LogP contribution in [0.1, 0.15) is 29.3 Å². The minimum Gasteiger partial charge on any atom is -0.477 e. The van der Waals surface area contributed by atoms with Crippen molar-refractivity contribution in [2.75, 3.05) is 14.1 Å². The Hall–Kier alpha value is -2.67. The number of amides is 2. The first kappa shape index (κ1) is 17.2. The molecule has 1 aromatic rings. The third-order valence-electron chi connectivity index (χ3n) is 4.82. The summed E-state index contributed by atoms with van der Waals surface area (Å²) in [6, 6.07) is 6.36. The Morgan fingerprint density at radius 1 is 1.24 bits per heavy atom. The van der Waals surface area contributed by atoms with Crippen molar-refractivity contribution in [3.05, 3.63) is 41.1 Å². The van der Waals surface area contributed by atoms with Crippen LogP contribution in [0.4, 0.5) is 0 Å². The highest BCUT2D eigenvalue weighted by Crippen LogP contribution is 2.46. The van der Waals surface area contributed by atoms with Crippen molar-refractivity contribution in [2.45, 2.75) is 25.5 Å². The zero-order valence-corrected chi connectivity index (χ0v) is 14.3. The second-order valence-corrected chi connectivity index (χ2v) is 6.66. The van der Waals surface area contributed by atoms with Crippen LogP contribution >= 0.6 is 0 Å². The van der Waals surface area contributed by atoms with Crippen molar-refractivity contribution >= 4 is 23.4 Å². The molecule has 2 N–H and O–H groups in total. The number of hydrogen-bond donors (Lipinski definition) is 2. The molecule has 25 heavy (non-hydrogen) atoms. The maximum absolute atomic E-state index is 12.2. The van der Waals surface area contributed by atoms with Gasteiger partial charge in [-0.3, -0.25) is 9.59 Å². The van der Waals surface area contributed by atoms with Gasteiger partial charge in [-0.15, -0.1) is 0 Å². The number of nitrogens with zero attached hydrogens (tertiary/aromatic N) is 2. The third kappa shape index (κ3) is 2.60. The third-order valence-corrected chi connectivity index (χ3v) is 4.82. The molecule has 1 saturated heterocycles. The number of β-lactam (4-membered cyclic amide) rings is 1. The maximum Gasteiger partial charge on any atom is 0.352 e. The summed E-state index contributed by atoms with van der Waals surface area (Å²) in [5, 5.41) is 19.3. The Labute approximate surface area is 145 Å². The second-order valence-electron chi connectivity index (χ2n) is 6.66. The Kier molecular flexibility index (Phi) is 4.12. The fourth-order valence-electron chi connectivity index (χ4n) is 3.60. The fraction of sp³-hybridized carbons (Fsp3) is 0.389. The smallest absolute Gasteiger partial charge is 0.352 e. The van der Waals surface area contributed by atoms with Gasteiger partial charge in [0.05, 0.1) is 18.1 Å². The van der Waals surface area contributed by atoms with Crippen LogP contribution in [0.2, 0.25) is 0 Å². The van der Waals surface area contributed by atoms with Crippen LogP contribution < -0.4 is 0 Å². The molecule has 0 aliphatic carbocycles. The fourth-order valence-corrected chi connectivity index (χ4v) is 3.60. The first-order chi connectivity index (χ1) is 11.7. The number of carbonyl (C=O) groups excluding carboxylic acids is 2. The molecule has 2 aliphatic heterocycles. The van der Waals surface area contributed by atoms with Crippen molar-refractivity contribution in [1.82, 2.24) is 9.80 Å². The molecule has 0 bridgehead atoms. The van der Waals surface area contributed by atoms with E-state index >= 15 is 0 Å². The molecule has 7 nitrogen and oxygen atoms in total. The van der Waals surface area contributed by atoms with E-state index in [1.807, 2.05) is 0 Å². The van der Waals surface area contributed by atoms with Crippen molar-refractivity contribution in [2.24, 2.45) is 5.92 Å². The number of aliphatic hydroxyl groups excluding tert-OH is 1. The highest BCUT2D eigenvalue weighted by atomic mass is 16.4. The summed E-state index contributed by atoms with van der Waals surface area (Å²) in [5.41, 5.74) is 1.70. The number of benzene rings is 1. The van der Waals surface area contributed by atoms with E-state index in [0.717, 1.165) is 0 Å². The Balaban J connectivity index is 1.95. The summed E-state index contributed by atoms with van der Waals surface area (Å²) >= 11 is 0. The van der Waals surface area contributed by atoms with E-state index in [4.69, 9.17) is 0 Å². The lowest BCUT2D eigenvalue weighted by Gasteiger charge is -2.44. The number of aliphatic carboxylic acids is 1. The molecular formula is C18H20N2O5. The van der Waals surface area contributed by atoms with Gasteiger partial charge in [0.25, 0.3) is 5.91 Å². The van der Waals surface area contributed by atoms with Gasteiger partial charge in [0.15, 0.2) is 0 Å². The molecular weight excluding hydrogens is 324 g/mol. The summed E-state index contributed by atoms with van der Waals surface area (Å²) in [6.45, 7) is 1.54. The van der Waals surface area contributed by atoms with E-state index in [9.17, 15) is 24.6 Å². The van der Waals surface area contributed by atoms with E-state index in [0.29, 0.717) is 23.1 Å². The molecule has 2 heterocycles. The van der Waals surface area contributed by atoms with E-state index in [1.54, 1.807) is 45.3 Å². The van der Waals surface area contributed by atoms with Crippen LogP contribution in [-0.4, -0.2) is 64.0 Å². The molecule has 0 aromatic heterocycles. The highest BCUT2D eigenvalue weighted by Gasteiger charge is 2.56. The average molecular weight is 344 g/mol. The van der Waals surface area contributed by atoms with Gasteiger partial charge in [-0.25, -0.2) is 4.79 Å². The maximum atomic E-state index is 12.2. The minimum atomic E-state index is -1.16. The number of carbonyl (C=O) groups is 3. The topological polar surface area (TPSA) is 98.1 Å². The van der Waals surface area contributed by atoms with Crippen LogP contribution in [0.15, 0.2) is 30.0 Å². The lowest BCUT2D eigenvalue weighted by Crippen LogP contribution is -2.61. The Morgan fingerprint density at radius 3 is 2.32 bits per heavy atom. The summed E-state index contributed by atoms with van der Waals surface area (Å²) in [5.74, 6) is -2.23. The summed E-state index contributed by atoms with van der Waals surface area (Å²) in [4.78, 5) is 38.6. The molecule has 3 atom stereocenters. The molecule has 3 rings (SSSR count). The van der Waals surface area contributed by atoms with Gasteiger partial charge in [-0.1, -0.05) is 12.1 Å². The van der Waals surface area contributed by atoms with Crippen LogP contribution in [0.25, 0.3) is 5.57 Å². The predicted molar refractivity (Wildman–Crippen MR) is 89.4 cm³/mol. The lowest BCUT2D eigenvalue weighted by atomic mass is 9.82. The number of hydrogen-bond acceptors (Lipinski definition) is 4.